The van der Waals surface area contributed by atoms with Crippen molar-refractivity contribution in [2.24, 2.45) is 7.05 Å². The number of aromatic nitrogens is 5. The molecular formula is C22H22N6S. The highest BCUT2D eigenvalue weighted by atomic mass is 32.1. The molecular weight excluding hydrogens is 380 g/mol. The van der Waals surface area contributed by atoms with E-state index in [1.54, 1.807) is 11.3 Å². The summed E-state index contributed by atoms with van der Waals surface area (Å²) in [5.41, 5.74) is 8.03. The first kappa shape index (κ1) is 17.9. The summed E-state index contributed by atoms with van der Waals surface area (Å²) in [7, 11) is 1.98. The van der Waals surface area contributed by atoms with E-state index < -0.39 is 0 Å². The van der Waals surface area contributed by atoms with Crippen molar-refractivity contribution in [1.82, 2.24) is 24.4 Å². The number of nitrogens with zero attached hydrogens (tertiary/aromatic N) is 5. The van der Waals surface area contributed by atoms with Crippen LogP contribution in [0.25, 0.3) is 27.8 Å². The molecule has 7 heteroatoms. The van der Waals surface area contributed by atoms with Crippen molar-refractivity contribution < 1.29 is 0 Å². The summed E-state index contributed by atoms with van der Waals surface area (Å²) in [6.07, 6.45) is 0. The fraction of sp³-hybridized carbons (Fsp3) is 0.227. The third kappa shape index (κ3) is 2.98. The molecule has 0 aliphatic heterocycles. The van der Waals surface area contributed by atoms with E-state index in [1.165, 1.54) is 4.88 Å². The van der Waals surface area contributed by atoms with Gasteiger partial charge in [0, 0.05) is 29.4 Å². The predicted molar refractivity (Wildman–Crippen MR) is 119 cm³/mol. The number of thiophene rings is 1. The molecule has 0 amide bonds. The highest BCUT2D eigenvalue weighted by Crippen LogP contribution is 2.31. The van der Waals surface area contributed by atoms with Crippen molar-refractivity contribution in [3.05, 3.63) is 63.7 Å². The van der Waals surface area contributed by atoms with Crippen LogP contribution in [-0.2, 0) is 13.6 Å². The van der Waals surface area contributed by atoms with Crippen molar-refractivity contribution in [3.63, 3.8) is 0 Å². The van der Waals surface area contributed by atoms with Crippen LogP contribution in [0.3, 0.4) is 0 Å². The Hall–Kier alpha value is -3.19. The average molecular weight is 403 g/mol. The van der Waals surface area contributed by atoms with E-state index >= 15 is 0 Å². The number of hydrogen-bond donors (Lipinski definition) is 1. The maximum Gasteiger partial charge on any atom is 0.177 e. The predicted octanol–water partition coefficient (Wildman–Crippen LogP) is 4.88. The molecule has 146 valence electrons. The first-order valence-corrected chi connectivity index (χ1v) is 10.5. The van der Waals surface area contributed by atoms with E-state index in [1.807, 2.05) is 37.0 Å². The van der Waals surface area contributed by atoms with Crippen LogP contribution in [0.5, 0.6) is 0 Å². The minimum Gasteiger partial charge on any atom is -0.377 e. The van der Waals surface area contributed by atoms with Crippen LogP contribution in [0.2, 0.25) is 0 Å². The van der Waals surface area contributed by atoms with Crippen LogP contribution in [0, 0.1) is 20.8 Å². The Kier molecular flexibility index (Phi) is 4.13. The molecule has 0 radical (unpaired) electrons. The molecule has 1 N–H and O–H groups in total. The Morgan fingerprint density at radius 3 is 2.69 bits per heavy atom. The SMILES string of the molecule is Cc1cc(NCc2cccs2)c2nc(C)c(-c3ccc4c(c3)c(C)nn4C)n2n1. The first-order chi connectivity index (χ1) is 14.0. The van der Waals surface area contributed by atoms with E-state index in [9.17, 15) is 0 Å². The second-order valence-electron chi connectivity index (χ2n) is 7.35. The summed E-state index contributed by atoms with van der Waals surface area (Å²) in [6.45, 7) is 6.88. The smallest absolute Gasteiger partial charge is 0.177 e. The molecule has 4 aromatic heterocycles. The van der Waals surface area contributed by atoms with Crippen LogP contribution >= 0.6 is 11.3 Å². The minimum absolute atomic E-state index is 0.777. The van der Waals surface area contributed by atoms with Crippen molar-refractivity contribution >= 4 is 33.6 Å². The lowest BCUT2D eigenvalue weighted by Gasteiger charge is -2.09. The Morgan fingerprint density at radius 2 is 1.90 bits per heavy atom. The highest BCUT2D eigenvalue weighted by molar-refractivity contribution is 7.09. The monoisotopic (exact) mass is 402 g/mol. The van der Waals surface area contributed by atoms with Crippen molar-refractivity contribution in [1.29, 1.82) is 0 Å². The molecule has 0 saturated heterocycles. The molecule has 0 saturated carbocycles. The Labute approximate surface area is 172 Å². The van der Waals surface area contributed by atoms with Crippen molar-refractivity contribution in [2.75, 3.05) is 5.32 Å². The van der Waals surface area contributed by atoms with Crippen LogP contribution < -0.4 is 5.32 Å². The summed E-state index contributed by atoms with van der Waals surface area (Å²) in [6, 6.07) is 12.7. The molecule has 4 heterocycles. The maximum absolute atomic E-state index is 4.86. The van der Waals surface area contributed by atoms with E-state index in [2.05, 4.69) is 52.2 Å². The normalized spacial score (nSPS) is 11.6. The lowest BCUT2D eigenvalue weighted by atomic mass is 10.1. The van der Waals surface area contributed by atoms with Gasteiger partial charge in [-0.3, -0.25) is 4.68 Å². The van der Waals surface area contributed by atoms with Crippen molar-refractivity contribution in [3.8, 4) is 11.3 Å². The van der Waals surface area contributed by atoms with Gasteiger partial charge in [0.2, 0.25) is 0 Å². The van der Waals surface area contributed by atoms with Crippen molar-refractivity contribution in [2.45, 2.75) is 27.3 Å². The summed E-state index contributed by atoms with van der Waals surface area (Å²) in [5, 5.41) is 16.1. The average Bonchev–Trinajstić information content (AvgIpc) is 3.38. The van der Waals surface area contributed by atoms with Gasteiger partial charge in [0.25, 0.3) is 0 Å². The summed E-state index contributed by atoms with van der Waals surface area (Å²) in [5.74, 6) is 0. The van der Waals surface area contributed by atoms with E-state index in [-0.39, 0.29) is 0 Å². The van der Waals surface area contributed by atoms with Crippen LogP contribution in [0.1, 0.15) is 22.0 Å². The number of hydrogen-bond acceptors (Lipinski definition) is 5. The maximum atomic E-state index is 4.86. The Balaban J connectivity index is 1.65. The van der Waals surface area contributed by atoms with Gasteiger partial charge in [-0.1, -0.05) is 12.1 Å². The number of imidazole rings is 1. The molecule has 6 nitrogen and oxygen atoms in total. The van der Waals surface area contributed by atoms with Crippen LogP contribution in [0.4, 0.5) is 5.69 Å². The van der Waals surface area contributed by atoms with Gasteiger partial charge in [-0.05, 0) is 50.4 Å². The zero-order valence-corrected chi connectivity index (χ0v) is 17.7. The summed E-state index contributed by atoms with van der Waals surface area (Å²) in [4.78, 5) is 6.15. The van der Waals surface area contributed by atoms with Gasteiger partial charge in [-0.2, -0.15) is 10.2 Å². The number of benzene rings is 1. The zero-order chi connectivity index (χ0) is 20.1. The molecule has 1 aromatic carbocycles. The van der Waals surface area contributed by atoms with E-state index in [0.717, 1.165) is 57.1 Å². The Bertz CT molecular complexity index is 1340. The second-order valence-corrected chi connectivity index (χ2v) is 8.39. The number of fused-ring (bicyclic) bond motifs is 2. The largest absolute Gasteiger partial charge is 0.377 e. The standard InChI is InChI=1S/C22H22N6S/c1-13-10-19(23-12-17-6-5-9-29-17)22-24-15(3)21(28(22)25-13)16-7-8-20-18(11-16)14(2)26-27(20)4/h5-11,23H,12H2,1-4H3. The van der Waals surface area contributed by atoms with Gasteiger partial charge in [0.15, 0.2) is 5.65 Å². The third-order valence-corrected chi connectivity index (χ3v) is 6.10. The molecule has 5 aromatic rings. The minimum atomic E-state index is 0.777. The van der Waals surface area contributed by atoms with Gasteiger partial charge < -0.3 is 5.32 Å². The molecule has 5 rings (SSSR count). The molecule has 0 fully saturated rings. The molecule has 0 atom stereocenters. The number of anilines is 1. The zero-order valence-electron chi connectivity index (χ0n) is 16.9. The van der Waals surface area contributed by atoms with Gasteiger partial charge in [-0.15, -0.1) is 11.3 Å². The topological polar surface area (TPSA) is 60.0 Å². The van der Waals surface area contributed by atoms with Gasteiger partial charge in [0.1, 0.15) is 0 Å². The Morgan fingerprint density at radius 1 is 1.03 bits per heavy atom. The van der Waals surface area contributed by atoms with Gasteiger partial charge in [0.05, 0.1) is 34.0 Å². The molecule has 29 heavy (non-hydrogen) atoms. The molecule has 0 bridgehead atoms. The lowest BCUT2D eigenvalue weighted by molar-refractivity contribution is 0.783. The molecule has 0 unspecified atom stereocenters. The third-order valence-electron chi connectivity index (χ3n) is 5.22. The highest BCUT2D eigenvalue weighted by Gasteiger charge is 2.17. The lowest BCUT2D eigenvalue weighted by Crippen LogP contribution is -2.04. The number of aryl methyl sites for hydroxylation is 4. The quantitative estimate of drug-likeness (QED) is 0.465. The van der Waals surface area contributed by atoms with Gasteiger partial charge in [-0.25, -0.2) is 9.50 Å². The summed E-state index contributed by atoms with van der Waals surface area (Å²) < 4.78 is 3.89. The van der Waals surface area contributed by atoms with Crippen LogP contribution in [0.15, 0.2) is 41.8 Å². The molecule has 0 spiro atoms. The fourth-order valence-electron chi connectivity index (χ4n) is 3.89. The number of nitrogens with one attached hydrogen (secondary N) is 1. The second kappa shape index (κ2) is 6.70. The number of rotatable bonds is 4. The van der Waals surface area contributed by atoms with Gasteiger partial charge >= 0.3 is 0 Å². The molecule has 0 aliphatic carbocycles. The van der Waals surface area contributed by atoms with E-state index in [4.69, 9.17) is 10.1 Å². The van der Waals surface area contributed by atoms with E-state index in [0.29, 0.717) is 0 Å². The summed E-state index contributed by atoms with van der Waals surface area (Å²) >= 11 is 1.75. The molecule has 0 aliphatic rings. The first-order valence-electron chi connectivity index (χ1n) is 9.58. The van der Waals surface area contributed by atoms with Crippen LogP contribution in [-0.4, -0.2) is 24.4 Å². The fourth-order valence-corrected chi connectivity index (χ4v) is 4.54.